The second kappa shape index (κ2) is 6.06. The summed E-state index contributed by atoms with van der Waals surface area (Å²) < 4.78 is 0. The zero-order valence-corrected chi connectivity index (χ0v) is 12.9. The van der Waals surface area contributed by atoms with Gasteiger partial charge in [0.2, 0.25) is 5.91 Å². The van der Waals surface area contributed by atoms with Gasteiger partial charge in [-0.05, 0) is 38.4 Å². The lowest BCUT2D eigenvalue weighted by Gasteiger charge is -2.35. The van der Waals surface area contributed by atoms with Crippen molar-refractivity contribution in [3.8, 4) is 0 Å². The lowest BCUT2D eigenvalue weighted by Crippen LogP contribution is -2.47. The van der Waals surface area contributed by atoms with Crippen LogP contribution in [0.1, 0.15) is 37.7 Å². The van der Waals surface area contributed by atoms with Gasteiger partial charge in [0.05, 0.1) is 0 Å². The predicted molar refractivity (Wildman–Crippen MR) is 85.5 cm³/mol. The Morgan fingerprint density at radius 2 is 2.24 bits per heavy atom. The van der Waals surface area contributed by atoms with Crippen LogP contribution in [0.15, 0.2) is 24.3 Å². The summed E-state index contributed by atoms with van der Waals surface area (Å²) >= 11 is 0. The molecule has 0 spiro atoms. The van der Waals surface area contributed by atoms with E-state index in [0.717, 1.165) is 25.9 Å². The molecule has 4 nitrogen and oxygen atoms in total. The van der Waals surface area contributed by atoms with Crippen molar-refractivity contribution in [2.75, 3.05) is 25.5 Å². The zero-order valence-electron chi connectivity index (χ0n) is 12.9. The average molecular weight is 287 g/mol. The largest absolute Gasteiger partial charge is 0.384 e. The third kappa shape index (κ3) is 3.21. The molecule has 0 bridgehead atoms. The lowest BCUT2D eigenvalue weighted by molar-refractivity contribution is -0.122. The number of carbonyl (C=O) groups is 1. The summed E-state index contributed by atoms with van der Waals surface area (Å²) in [7, 11) is 2.16. The van der Waals surface area contributed by atoms with Gasteiger partial charge < -0.3 is 15.5 Å². The number of piperidine rings is 1. The molecule has 1 amide bonds. The van der Waals surface area contributed by atoms with Crippen LogP contribution in [0.2, 0.25) is 0 Å². The van der Waals surface area contributed by atoms with Crippen molar-refractivity contribution in [3.05, 3.63) is 29.8 Å². The van der Waals surface area contributed by atoms with Crippen LogP contribution in [-0.2, 0) is 4.79 Å². The molecule has 0 saturated carbocycles. The van der Waals surface area contributed by atoms with E-state index >= 15 is 0 Å². The number of hydrogen-bond donors (Lipinski definition) is 2. The first-order chi connectivity index (χ1) is 10.1. The van der Waals surface area contributed by atoms with E-state index in [1.165, 1.54) is 11.3 Å². The third-order valence-corrected chi connectivity index (χ3v) is 4.94. The molecule has 2 aliphatic rings. The minimum Gasteiger partial charge on any atom is -0.384 e. The Hall–Kier alpha value is -1.55. The van der Waals surface area contributed by atoms with Gasteiger partial charge >= 0.3 is 0 Å². The van der Waals surface area contributed by atoms with Gasteiger partial charge in [-0.3, -0.25) is 4.79 Å². The Morgan fingerprint density at radius 1 is 1.43 bits per heavy atom. The monoisotopic (exact) mass is 287 g/mol. The molecule has 21 heavy (non-hydrogen) atoms. The zero-order chi connectivity index (χ0) is 14.8. The van der Waals surface area contributed by atoms with E-state index < -0.39 is 0 Å². The Bertz CT molecular complexity index is 517. The number of amides is 1. The summed E-state index contributed by atoms with van der Waals surface area (Å²) in [5, 5.41) is 6.62. The molecule has 2 aliphatic heterocycles. The molecule has 3 unspecified atom stereocenters. The third-order valence-electron chi connectivity index (χ3n) is 4.94. The van der Waals surface area contributed by atoms with Crippen LogP contribution in [0.25, 0.3) is 0 Å². The van der Waals surface area contributed by atoms with Crippen molar-refractivity contribution in [2.24, 2.45) is 0 Å². The van der Waals surface area contributed by atoms with Gasteiger partial charge in [0.25, 0.3) is 0 Å². The van der Waals surface area contributed by atoms with E-state index in [1.54, 1.807) is 0 Å². The van der Waals surface area contributed by atoms with Crippen molar-refractivity contribution >= 4 is 11.6 Å². The van der Waals surface area contributed by atoms with E-state index in [4.69, 9.17) is 0 Å². The molecule has 0 aromatic heterocycles. The maximum absolute atomic E-state index is 12.3. The summed E-state index contributed by atoms with van der Waals surface area (Å²) in [4.78, 5) is 14.7. The minimum absolute atomic E-state index is 0.195. The molecule has 1 saturated heterocycles. The number of fused-ring (bicyclic) bond motifs is 1. The molecule has 0 radical (unpaired) electrons. The molecule has 1 aromatic rings. The number of benzene rings is 1. The second-order valence-corrected chi connectivity index (χ2v) is 6.49. The Labute approximate surface area is 126 Å². The summed E-state index contributed by atoms with van der Waals surface area (Å²) in [6.07, 6.45) is 2.71. The number of hydrogen-bond acceptors (Lipinski definition) is 3. The standard InChI is InChI=1S/C17H25N3O/c1-12-9-14(7-8-20(12)2)19-17(21)10-13-11-18-16-6-4-3-5-15(13)16/h3-6,12-14,18H,7-11H2,1-2H3,(H,19,21). The second-order valence-electron chi connectivity index (χ2n) is 6.49. The van der Waals surface area contributed by atoms with E-state index in [1.807, 2.05) is 6.07 Å². The van der Waals surface area contributed by atoms with Crippen molar-refractivity contribution < 1.29 is 4.79 Å². The summed E-state index contributed by atoms with van der Waals surface area (Å²) in [6, 6.07) is 9.20. The Morgan fingerprint density at radius 3 is 3.05 bits per heavy atom. The molecule has 2 N–H and O–H groups in total. The van der Waals surface area contributed by atoms with Crippen LogP contribution in [0.5, 0.6) is 0 Å². The molecule has 4 heteroatoms. The molecule has 1 aromatic carbocycles. The van der Waals surface area contributed by atoms with E-state index in [2.05, 4.69) is 47.7 Å². The van der Waals surface area contributed by atoms with Crippen molar-refractivity contribution in [3.63, 3.8) is 0 Å². The summed E-state index contributed by atoms with van der Waals surface area (Å²) in [5.41, 5.74) is 2.47. The fourth-order valence-electron chi connectivity index (χ4n) is 3.47. The molecular weight excluding hydrogens is 262 g/mol. The summed E-state index contributed by atoms with van der Waals surface area (Å²) in [5.74, 6) is 0.505. The highest BCUT2D eigenvalue weighted by molar-refractivity contribution is 5.78. The van der Waals surface area contributed by atoms with Gasteiger partial charge in [-0.25, -0.2) is 0 Å². The smallest absolute Gasteiger partial charge is 0.220 e. The maximum atomic E-state index is 12.3. The fraction of sp³-hybridized carbons (Fsp3) is 0.588. The van der Waals surface area contributed by atoms with Gasteiger partial charge in [0, 0.05) is 43.2 Å². The highest BCUT2D eigenvalue weighted by Gasteiger charge is 2.27. The van der Waals surface area contributed by atoms with Crippen LogP contribution in [0, 0.1) is 0 Å². The average Bonchev–Trinajstić information content (AvgIpc) is 2.86. The fourth-order valence-corrected chi connectivity index (χ4v) is 3.47. The molecule has 0 aliphatic carbocycles. The number of likely N-dealkylation sites (tertiary alicyclic amines) is 1. The van der Waals surface area contributed by atoms with Gasteiger partial charge in [0.15, 0.2) is 0 Å². The molecule has 1 fully saturated rings. The van der Waals surface area contributed by atoms with E-state index in [9.17, 15) is 4.79 Å². The lowest BCUT2D eigenvalue weighted by atomic mass is 9.96. The van der Waals surface area contributed by atoms with Crippen molar-refractivity contribution in [1.82, 2.24) is 10.2 Å². The van der Waals surface area contributed by atoms with E-state index in [-0.39, 0.29) is 5.91 Å². The van der Waals surface area contributed by atoms with Crippen LogP contribution in [-0.4, -0.2) is 43.0 Å². The van der Waals surface area contributed by atoms with Gasteiger partial charge in [-0.2, -0.15) is 0 Å². The first kappa shape index (κ1) is 14.4. The number of nitrogens with zero attached hydrogens (tertiary/aromatic N) is 1. The highest BCUT2D eigenvalue weighted by atomic mass is 16.1. The van der Waals surface area contributed by atoms with Gasteiger partial charge in [0.1, 0.15) is 0 Å². The topological polar surface area (TPSA) is 44.4 Å². The van der Waals surface area contributed by atoms with Crippen LogP contribution in [0.4, 0.5) is 5.69 Å². The summed E-state index contributed by atoms with van der Waals surface area (Å²) in [6.45, 7) is 4.17. The molecule has 3 rings (SSSR count). The molecule has 3 atom stereocenters. The number of carbonyl (C=O) groups excluding carboxylic acids is 1. The van der Waals surface area contributed by atoms with Crippen LogP contribution in [0.3, 0.4) is 0 Å². The van der Waals surface area contributed by atoms with Crippen LogP contribution >= 0.6 is 0 Å². The first-order valence-electron chi connectivity index (χ1n) is 7.96. The normalized spacial score (nSPS) is 28.8. The number of rotatable bonds is 3. The quantitative estimate of drug-likeness (QED) is 0.895. The van der Waals surface area contributed by atoms with Gasteiger partial charge in [-0.1, -0.05) is 18.2 Å². The maximum Gasteiger partial charge on any atom is 0.220 e. The molecule has 114 valence electrons. The number of anilines is 1. The SMILES string of the molecule is CC1CC(NC(=O)CC2CNc3ccccc32)CCN1C. The number of para-hydroxylation sites is 1. The van der Waals surface area contributed by atoms with Crippen molar-refractivity contribution in [1.29, 1.82) is 0 Å². The molecule has 2 heterocycles. The van der Waals surface area contributed by atoms with Crippen LogP contribution < -0.4 is 10.6 Å². The molecular formula is C17H25N3O. The minimum atomic E-state index is 0.195. The highest BCUT2D eigenvalue weighted by Crippen LogP contribution is 2.33. The first-order valence-corrected chi connectivity index (χ1v) is 7.96. The van der Waals surface area contributed by atoms with E-state index in [0.29, 0.717) is 24.4 Å². The predicted octanol–water partition coefficient (Wildman–Crippen LogP) is 2.18. The Kier molecular flexibility index (Phi) is 4.15. The van der Waals surface area contributed by atoms with Crippen molar-refractivity contribution in [2.45, 2.75) is 44.2 Å². The Balaban J connectivity index is 1.54. The number of nitrogens with one attached hydrogen (secondary N) is 2. The van der Waals surface area contributed by atoms with Gasteiger partial charge in [-0.15, -0.1) is 0 Å².